The van der Waals surface area contributed by atoms with Gasteiger partial charge in [0, 0.05) is 28.7 Å². The van der Waals surface area contributed by atoms with Gasteiger partial charge in [-0.1, -0.05) is 41.9 Å². The number of rotatable bonds is 6. The molecule has 2 amide bonds. The smallest absolute Gasteiger partial charge is 0.251 e. The Balaban J connectivity index is 1.80. The summed E-state index contributed by atoms with van der Waals surface area (Å²) in [6, 6.07) is 14.9. The maximum Gasteiger partial charge on any atom is 0.251 e. The number of carbonyl (C=O) groups excluding carboxylic acids is 2. The first-order valence-corrected chi connectivity index (χ1v) is 8.68. The van der Waals surface area contributed by atoms with E-state index < -0.39 is 0 Å². The Morgan fingerprint density at radius 1 is 1.08 bits per heavy atom. The summed E-state index contributed by atoms with van der Waals surface area (Å²) in [6.45, 7) is 4.52. The maximum atomic E-state index is 12.0. The summed E-state index contributed by atoms with van der Waals surface area (Å²) in [5.74, 6) is 0.108. The van der Waals surface area contributed by atoms with Crippen molar-refractivity contribution in [2.45, 2.75) is 26.2 Å². The lowest BCUT2D eigenvalue weighted by Gasteiger charge is -2.10. The Hall–Kier alpha value is -2.14. The van der Waals surface area contributed by atoms with Gasteiger partial charge >= 0.3 is 0 Å². The third kappa shape index (κ3) is 5.49. The van der Waals surface area contributed by atoms with E-state index in [1.165, 1.54) is 5.56 Å². The fourth-order valence-electron chi connectivity index (χ4n) is 2.19. The molecule has 2 rings (SSSR count). The molecule has 0 aliphatic heterocycles. The van der Waals surface area contributed by atoms with Crippen LogP contribution in [0, 0.1) is 0 Å². The van der Waals surface area contributed by atoms with Crippen LogP contribution in [0.3, 0.4) is 0 Å². The van der Waals surface area contributed by atoms with E-state index in [1.807, 2.05) is 36.4 Å². The Morgan fingerprint density at radius 3 is 2.46 bits per heavy atom. The normalized spacial score (nSPS) is 10.5. The summed E-state index contributed by atoms with van der Waals surface area (Å²) >= 11 is 3.33. The van der Waals surface area contributed by atoms with Crippen LogP contribution >= 0.6 is 15.9 Å². The van der Waals surface area contributed by atoms with Crippen LogP contribution in [-0.4, -0.2) is 18.4 Å². The monoisotopic (exact) mass is 388 g/mol. The fourth-order valence-corrected chi connectivity index (χ4v) is 2.46. The lowest BCUT2D eigenvalue weighted by Crippen LogP contribution is -2.27. The number of anilines is 1. The van der Waals surface area contributed by atoms with Gasteiger partial charge in [-0.25, -0.2) is 0 Å². The van der Waals surface area contributed by atoms with Crippen molar-refractivity contribution in [3.05, 3.63) is 64.1 Å². The number of nitrogens with one attached hydrogen (secondary N) is 2. The number of halogens is 1. The molecule has 0 spiro atoms. The second-order valence-electron chi connectivity index (χ2n) is 5.84. The molecule has 0 atom stereocenters. The molecule has 5 heteroatoms. The molecule has 2 aromatic carbocycles. The van der Waals surface area contributed by atoms with E-state index in [-0.39, 0.29) is 18.2 Å². The predicted molar refractivity (Wildman–Crippen MR) is 100 cm³/mol. The van der Waals surface area contributed by atoms with Gasteiger partial charge in [0.1, 0.15) is 0 Å². The molecule has 4 nitrogen and oxygen atoms in total. The van der Waals surface area contributed by atoms with E-state index in [9.17, 15) is 9.59 Å². The highest BCUT2D eigenvalue weighted by atomic mass is 79.9. The summed E-state index contributed by atoms with van der Waals surface area (Å²) < 4.78 is 0.919. The van der Waals surface area contributed by atoms with E-state index in [4.69, 9.17) is 0 Å². The van der Waals surface area contributed by atoms with Gasteiger partial charge in [0.15, 0.2) is 0 Å². The molecule has 0 radical (unpaired) electrons. The van der Waals surface area contributed by atoms with E-state index in [0.29, 0.717) is 18.0 Å². The Bertz CT molecular complexity index is 712. The fraction of sp³-hybridized carbons (Fsp3) is 0.263. The van der Waals surface area contributed by atoms with Gasteiger partial charge in [0.05, 0.1) is 0 Å². The molecule has 2 N–H and O–H groups in total. The van der Waals surface area contributed by atoms with Crippen LogP contribution in [0.25, 0.3) is 0 Å². The molecule has 0 bridgehead atoms. The first-order valence-electron chi connectivity index (χ1n) is 7.89. The van der Waals surface area contributed by atoms with Crippen LogP contribution < -0.4 is 10.6 Å². The molecule has 24 heavy (non-hydrogen) atoms. The highest BCUT2D eigenvalue weighted by Gasteiger charge is 2.07. The molecule has 0 unspecified atom stereocenters. The summed E-state index contributed by atoms with van der Waals surface area (Å²) in [6.07, 6.45) is 0.230. The van der Waals surface area contributed by atoms with Crippen LogP contribution in [0.4, 0.5) is 5.69 Å². The van der Waals surface area contributed by atoms with Crippen LogP contribution in [-0.2, 0) is 4.79 Å². The molecule has 0 saturated heterocycles. The minimum atomic E-state index is -0.183. The molecule has 2 aromatic rings. The first-order chi connectivity index (χ1) is 11.5. The van der Waals surface area contributed by atoms with Crippen molar-refractivity contribution >= 4 is 33.4 Å². The quantitative estimate of drug-likeness (QED) is 0.773. The Labute approximate surface area is 150 Å². The zero-order chi connectivity index (χ0) is 17.5. The van der Waals surface area contributed by atoms with E-state index in [2.05, 4.69) is 40.4 Å². The van der Waals surface area contributed by atoms with E-state index >= 15 is 0 Å². The largest absolute Gasteiger partial charge is 0.352 e. The molecule has 0 aliphatic carbocycles. The number of carbonyl (C=O) groups is 2. The molecule has 126 valence electrons. The van der Waals surface area contributed by atoms with Gasteiger partial charge < -0.3 is 10.6 Å². The molecule has 0 heterocycles. The van der Waals surface area contributed by atoms with E-state index in [1.54, 1.807) is 12.1 Å². The van der Waals surface area contributed by atoms with Crippen molar-refractivity contribution in [2.75, 3.05) is 11.9 Å². The van der Waals surface area contributed by atoms with Gasteiger partial charge in [-0.05, 0) is 47.9 Å². The van der Waals surface area contributed by atoms with Gasteiger partial charge in [0.2, 0.25) is 5.91 Å². The third-order valence-corrected chi connectivity index (χ3v) is 4.11. The standard InChI is InChI=1S/C19H21BrN2O2/c1-13(2)15-4-3-5-17(12-15)22-18(23)10-11-21-19(24)14-6-8-16(20)9-7-14/h3-9,12-13H,10-11H2,1-2H3,(H,21,24)(H,22,23). The molecular weight excluding hydrogens is 368 g/mol. The van der Waals surface area contributed by atoms with Crippen LogP contribution in [0.15, 0.2) is 53.0 Å². The second kappa shape index (κ2) is 8.64. The Morgan fingerprint density at radius 2 is 1.79 bits per heavy atom. The maximum absolute atomic E-state index is 12.0. The highest BCUT2D eigenvalue weighted by Crippen LogP contribution is 2.18. The first kappa shape index (κ1) is 18.2. The zero-order valence-corrected chi connectivity index (χ0v) is 15.4. The second-order valence-corrected chi connectivity index (χ2v) is 6.76. The third-order valence-electron chi connectivity index (χ3n) is 3.58. The molecule has 0 fully saturated rings. The summed E-state index contributed by atoms with van der Waals surface area (Å²) in [5.41, 5.74) is 2.53. The zero-order valence-electron chi connectivity index (χ0n) is 13.8. The van der Waals surface area contributed by atoms with Crippen LogP contribution in [0.2, 0.25) is 0 Å². The van der Waals surface area contributed by atoms with Gasteiger partial charge in [0.25, 0.3) is 5.91 Å². The topological polar surface area (TPSA) is 58.2 Å². The number of hydrogen-bond donors (Lipinski definition) is 2. The molecular formula is C19H21BrN2O2. The van der Waals surface area contributed by atoms with Crippen molar-refractivity contribution in [1.82, 2.24) is 5.32 Å². The van der Waals surface area contributed by atoms with E-state index in [0.717, 1.165) is 10.2 Å². The minimum Gasteiger partial charge on any atom is -0.352 e. The van der Waals surface area contributed by atoms with Gasteiger partial charge in [-0.15, -0.1) is 0 Å². The lowest BCUT2D eigenvalue weighted by molar-refractivity contribution is -0.116. The van der Waals surface area contributed by atoms with Gasteiger partial charge in [-0.3, -0.25) is 9.59 Å². The SMILES string of the molecule is CC(C)c1cccc(NC(=O)CCNC(=O)c2ccc(Br)cc2)c1. The minimum absolute atomic E-state index is 0.119. The number of benzene rings is 2. The van der Waals surface area contributed by atoms with Crippen molar-refractivity contribution in [1.29, 1.82) is 0 Å². The molecule has 0 saturated carbocycles. The van der Waals surface area contributed by atoms with Gasteiger partial charge in [-0.2, -0.15) is 0 Å². The van der Waals surface area contributed by atoms with Crippen LogP contribution in [0.5, 0.6) is 0 Å². The molecule has 0 aliphatic rings. The highest BCUT2D eigenvalue weighted by molar-refractivity contribution is 9.10. The average Bonchev–Trinajstić information content (AvgIpc) is 2.55. The van der Waals surface area contributed by atoms with Crippen molar-refractivity contribution in [2.24, 2.45) is 0 Å². The summed E-state index contributed by atoms with van der Waals surface area (Å²) in [7, 11) is 0. The molecule has 0 aromatic heterocycles. The van der Waals surface area contributed by atoms with Crippen LogP contribution in [0.1, 0.15) is 42.1 Å². The number of amides is 2. The average molecular weight is 389 g/mol. The van der Waals surface area contributed by atoms with Crippen molar-refractivity contribution in [3.63, 3.8) is 0 Å². The predicted octanol–water partition coefficient (Wildman–Crippen LogP) is 4.33. The summed E-state index contributed by atoms with van der Waals surface area (Å²) in [4.78, 5) is 23.9. The van der Waals surface area contributed by atoms with Crippen molar-refractivity contribution < 1.29 is 9.59 Å². The summed E-state index contributed by atoms with van der Waals surface area (Å²) in [5, 5.41) is 5.61. The Kier molecular flexibility index (Phi) is 6.55. The van der Waals surface area contributed by atoms with Crippen molar-refractivity contribution in [3.8, 4) is 0 Å². The lowest BCUT2D eigenvalue weighted by atomic mass is 10.0. The number of hydrogen-bond acceptors (Lipinski definition) is 2.